The number of rotatable bonds is 3. The van der Waals surface area contributed by atoms with Crippen LogP contribution in [0.3, 0.4) is 0 Å². The van der Waals surface area contributed by atoms with E-state index in [1.807, 2.05) is 0 Å². The summed E-state index contributed by atoms with van der Waals surface area (Å²) in [7, 11) is 1.51. The van der Waals surface area contributed by atoms with Crippen LogP contribution >= 0.6 is 23.2 Å². The van der Waals surface area contributed by atoms with Crippen molar-refractivity contribution in [1.29, 1.82) is 0 Å². The molecule has 7 heteroatoms. The van der Waals surface area contributed by atoms with Crippen molar-refractivity contribution < 1.29 is 14.6 Å². The second-order valence-electron chi connectivity index (χ2n) is 4.07. The van der Waals surface area contributed by atoms with Gasteiger partial charge in [-0.1, -0.05) is 35.3 Å². The van der Waals surface area contributed by atoms with Crippen molar-refractivity contribution in [2.75, 3.05) is 17.7 Å². The third-order valence-corrected chi connectivity index (χ3v) is 3.21. The number of amides is 2. The van der Waals surface area contributed by atoms with Gasteiger partial charge in [-0.3, -0.25) is 0 Å². The topological polar surface area (TPSA) is 70.6 Å². The maximum atomic E-state index is 11.9. The number of benzene rings is 2. The van der Waals surface area contributed by atoms with Gasteiger partial charge in [0.2, 0.25) is 0 Å². The molecule has 0 bridgehead atoms. The highest BCUT2D eigenvalue weighted by Gasteiger charge is 2.10. The van der Waals surface area contributed by atoms with Crippen molar-refractivity contribution in [3.8, 4) is 11.5 Å². The van der Waals surface area contributed by atoms with E-state index in [0.29, 0.717) is 17.1 Å². The number of hydrogen-bond acceptors (Lipinski definition) is 3. The van der Waals surface area contributed by atoms with Gasteiger partial charge in [0.1, 0.15) is 5.75 Å². The third-order valence-electron chi connectivity index (χ3n) is 2.63. The first-order valence-corrected chi connectivity index (χ1v) is 6.66. The van der Waals surface area contributed by atoms with Crippen molar-refractivity contribution in [2.24, 2.45) is 0 Å². The lowest BCUT2D eigenvalue weighted by molar-refractivity contribution is 0.262. The normalized spacial score (nSPS) is 10.0. The van der Waals surface area contributed by atoms with Gasteiger partial charge in [-0.15, -0.1) is 0 Å². The molecule has 0 atom stereocenters. The zero-order valence-corrected chi connectivity index (χ0v) is 12.5. The van der Waals surface area contributed by atoms with Crippen molar-refractivity contribution in [1.82, 2.24) is 0 Å². The minimum atomic E-state index is -0.489. The Morgan fingerprint density at radius 3 is 2.38 bits per heavy atom. The first-order chi connectivity index (χ1) is 10.0. The van der Waals surface area contributed by atoms with Crippen molar-refractivity contribution >= 4 is 40.6 Å². The highest BCUT2D eigenvalue weighted by atomic mass is 35.5. The summed E-state index contributed by atoms with van der Waals surface area (Å²) in [6, 6.07) is 9.29. The molecule has 0 saturated carbocycles. The lowest BCUT2D eigenvalue weighted by Crippen LogP contribution is -2.19. The van der Waals surface area contributed by atoms with E-state index in [0.717, 1.165) is 0 Å². The molecule has 3 N–H and O–H groups in total. The quantitative estimate of drug-likeness (QED) is 0.734. The maximum absolute atomic E-state index is 11.9. The number of phenolic OH excluding ortho intramolecular Hbond substituents is 1. The summed E-state index contributed by atoms with van der Waals surface area (Å²) < 4.78 is 5.13. The number of halogens is 2. The van der Waals surface area contributed by atoms with E-state index in [4.69, 9.17) is 27.9 Å². The van der Waals surface area contributed by atoms with E-state index in [1.54, 1.807) is 24.3 Å². The highest BCUT2D eigenvalue weighted by Crippen LogP contribution is 2.34. The predicted octanol–water partition coefficient (Wildman–Crippen LogP) is 4.35. The van der Waals surface area contributed by atoms with Crippen LogP contribution in [0.4, 0.5) is 16.2 Å². The number of nitrogens with one attached hydrogen (secondary N) is 2. The molecule has 2 rings (SSSR count). The first-order valence-electron chi connectivity index (χ1n) is 5.90. The van der Waals surface area contributed by atoms with Gasteiger partial charge in [0.25, 0.3) is 0 Å². The van der Waals surface area contributed by atoms with E-state index in [9.17, 15) is 9.90 Å². The van der Waals surface area contributed by atoms with Crippen molar-refractivity contribution in [3.63, 3.8) is 0 Å². The number of hydrogen-bond donors (Lipinski definition) is 3. The maximum Gasteiger partial charge on any atom is 0.323 e. The Balaban J connectivity index is 2.12. The number of anilines is 2. The molecule has 0 fully saturated rings. The Bertz CT molecular complexity index is 654. The number of carbonyl (C=O) groups is 1. The van der Waals surface area contributed by atoms with Gasteiger partial charge in [0.05, 0.1) is 22.8 Å². The SMILES string of the molecule is COc1ccccc1NC(=O)Nc1cc(Cl)c(O)c(Cl)c1. The number of aromatic hydroxyl groups is 1. The Morgan fingerprint density at radius 1 is 1.14 bits per heavy atom. The Hall–Kier alpha value is -2.11. The van der Waals surface area contributed by atoms with Crippen LogP contribution in [0.5, 0.6) is 11.5 Å². The van der Waals surface area contributed by atoms with E-state index >= 15 is 0 Å². The molecule has 0 saturated heterocycles. The molecule has 0 spiro atoms. The monoisotopic (exact) mass is 326 g/mol. The van der Waals surface area contributed by atoms with Crippen molar-refractivity contribution in [2.45, 2.75) is 0 Å². The average Bonchev–Trinajstić information content (AvgIpc) is 2.45. The summed E-state index contributed by atoms with van der Waals surface area (Å²) in [5.41, 5.74) is 0.878. The van der Waals surface area contributed by atoms with Gasteiger partial charge < -0.3 is 20.5 Å². The fraction of sp³-hybridized carbons (Fsp3) is 0.0714. The molecule has 0 aliphatic carbocycles. The molecule has 0 aliphatic heterocycles. The van der Waals surface area contributed by atoms with Gasteiger partial charge in [-0.05, 0) is 24.3 Å². The summed E-state index contributed by atoms with van der Waals surface area (Å²) in [4.78, 5) is 11.9. The lowest BCUT2D eigenvalue weighted by Gasteiger charge is -2.11. The van der Waals surface area contributed by atoms with E-state index < -0.39 is 6.03 Å². The van der Waals surface area contributed by atoms with E-state index in [-0.39, 0.29) is 15.8 Å². The second kappa shape index (κ2) is 6.56. The number of urea groups is 1. The largest absolute Gasteiger partial charge is 0.505 e. The van der Waals surface area contributed by atoms with Crippen LogP contribution in [0.25, 0.3) is 0 Å². The van der Waals surface area contributed by atoms with Crippen LogP contribution in [-0.4, -0.2) is 18.2 Å². The molecule has 2 aromatic rings. The Morgan fingerprint density at radius 2 is 1.76 bits per heavy atom. The second-order valence-corrected chi connectivity index (χ2v) is 4.88. The van der Waals surface area contributed by atoms with Crippen LogP contribution in [0.2, 0.25) is 10.0 Å². The van der Waals surface area contributed by atoms with Gasteiger partial charge in [0.15, 0.2) is 5.75 Å². The lowest BCUT2D eigenvalue weighted by atomic mass is 10.3. The summed E-state index contributed by atoms with van der Waals surface area (Å²) >= 11 is 11.6. The van der Waals surface area contributed by atoms with E-state index in [1.165, 1.54) is 19.2 Å². The standard InChI is InChI=1S/C14H12Cl2N2O3/c1-21-12-5-3-2-4-11(12)18-14(20)17-8-6-9(15)13(19)10(16)7-8/h2-7,19H,1H3,(H2,17,18,20). The van der Waals surface area contributed by atoms with Crippen LogP contribution in [0.15, 0.2) is 36.4 Å². The van der Waals surface area contributed by atoms with Crippen LogP contribution < -0.4 is 15.4 Å². The molecule has 21 heavy (non-hydrogen) atoms. The van der Waals surface area contributed by atoms with E-state index in [2.05, 4.69) is 10.6 Å². The van der Waals surface area contributed by atoms with Crippen LogP contribution in [0, 0.1) is 0 Å². The summed E-state index contributed by atoms with van der Waals surface area (Å²) in [6.45, 7) is 0. The third kappa shape index (κ3) is 3.71. The number of methoxy groups -OCH3 is 1. The fourth-order valence-electron chi connectivity index (χ4n) is 1.67. The van der Waals surface area contributed by atoms with Crippen molar-refractivity contribution in [3.05, 3.63) is 46.4 Å². The zero-order valence-electron chi connectivity index (χ0n) is 11.0. The molecule has 0 unspecified atom stereocenters. The summed E-state index contributed by atoms with van der Waals surface area (Å²) in [5.74, 6) is 0.309. The molecule has 0 aliphatic rings. The predicted molar refractivity (Wildman–Crippen MR) is 83.8 cm³/mol. The molecular formula is C14H12Cl2N2O3. The smallest absolute Gasteiger partial charge is 0.323 e. The van der Waals surface area contributed by atoms with Gasteiger partial charge in [-0.2, -0.15) is 0 Å². The van der Waals surface area contributed by atoms with Crippen LogP contribution in [-0.2, 0) is 0 Å². The number of para-hydroxylation sites is 2. The molecule has 0 radical (unpaired) electrons. The first kappa shape index (κ1) is 15.3. The fourth-order valence-corrected chi connectivity index (χ4v) is 2.16. The molecular weight excluding hydrogens is 315 g/mol. The molecule has 110 valence electrons. The summed E-state index contributed by atoms with van der Waals surface area (Å²) in [6.07, 6.45) is 0. The summed E-state index contributed by atoms with van der Waals surface area (Å²) in [5, 5.41) is 14.8. The van der Waals surface area contributed by atoms with Gasteiger partial charge in [0, 0.05) is 5.69 Å². The minimum absolute atomic E-state index is 0.0510. The van der Waals surface area contributed by atoms with Gasteiger partial charge >= 0.3 is 6.03 Å². The molecule has 2 aromatic carbocycles. The zero-order chi connectivity index (χ0) is 15.4. The Labute approximate surface area is 131 Å². The molecule has 2 amide bonds. The number of phenols is 1. The Kier molecular flexibility index (Phi) is 4.77. The number of ether oxygens (including phenoxy) is 1. The molecule has 0 heterocycles. The number of carbonyl (C=O) groups excluding carboxylic acids is 1. The average molecular weight is 327 g/mol. The van der Waals surface area contributed by atoms with Crippen LogP contribution in [0.1, 0.15) is 0 Å². The molecule has 5 nitrogen and oxygen atoms in total. The highest BCUT2D eigenvalue weighted by molar-refractivity contribution is 6.37. The minimum Gasteiger partial charge on any atom is -0.505 e. The van der Waals surface area contributed by atoms with Gasteiger partial charge in [-0.25, -0.2) is 4.79 Å². The molecule has 0 aromatic heterocycles.